The maximum absolute atomic E-state index is 9.25. The Morgan fingerprint density at radius 3 is 2.27 bits per heavy atom. The molecule has 0 heterocycles. The largest absolute Gasteiger partial charge is 0.508 e. The van der Waals surface area contributed by atoms with E-state index in [0.717, 1.165) is 11.1 Å². The van der Waals surface area contributed by atoms with Crippen LogP contribution in [0.2, 0.25) is 0 Å². The summed E-state index contributed by atoms with van der Waals surface area (Å²) in [6.45, 7) is 2.05. The Kier molecular flexibility index (Phi) is 2.34. The summed E-state index contributed by atoms with van der Waals surface area (Å²) in [6, 6.07) is 13.2. The molecular weight excluding hydrogens is 186 g/mol. The van der Waals surface area contributed by atoms with Crippen LogP contribution >= 0.6 is 0 Å². The zero-order chi connectivity index (χ0) is 10.8. The van der Waals surface area contributed by atoms with E-state index >= 15 is 0 Å². The number of nitrogens with two attached hydrogens (primary N) is 1. The summed E-state index contributed by atoms with van der Waals surface area (Å²) in [4.78, 5) is 0. The molecular formula is C13H13NO. The lowest BCUT2D eigenvalue weighted by Gasteiger charge is -2.06. The molecule has 76 valence electrons. The molecule has 2 nitrogen and oxygen atoms in total. The van der Waals surface area contributed by atoms with Crippen molar-refractivity contribution >= 4 is 5.69 Å². The third kappa shape index (κ3) is 1.94. The molecule has 0 atom stereocenters. The molecule has 2 heteroatoms. The van der Waals surface area contributed by atoms with Gasteiger partial charge in [-0.3, -0.25) is 0 Å². The molecule has 0 amide bonds. The molecule has 0 fully saturated rings. The Bertz CT molecular complexity index is 474. The zero-order valence-corrected chi connectivity index (χ0v) is 8.57. The maximum Gasteiger partial charge on any atom is 0.117 e. The minimum Gasteiger partial charge on any atom is -0.508 e. The fourth-order valence-electron chi connectivity index (χ4n) is 1.55. The van der Waals surface area contributed by atoms with Gasteiger partial charge >= 0.3 is 0 Å². The fraction of sp³-hybridized carbons (Fsp3) is 0.0769. The molecule has 0 radical (unpaired) electrons. The highest BCUT2D eigenvalue weighted by atomic mass is 16.3. The van der Waals surface area contributed by atoms with E-state index in [-0.39, 0.29) is 5.75 Å². The predicted molar refractivity (Wildman–Crippen MR) is 62.7 cm³/mol. The second-order valence-electron chi connectivity index (χ2n) is 3.64. The minimum absolute atomic E-state index is 0.198. The minimum atomic E-state index is 0.198. The smallest absolute Gasteiger partial charge is 0.117 e. The molecule has 3 N–H and O–H groups in total. The molecule has 2 aromatic carbocycles. The van der Waals surface area contributed by atoms with E-state index in [1.807, 2.05) is 37.3 Å². The van der Waals surface area contributed by atoms with Crippen molar-refractivity contribution in [1.29, 1.82) is 0 Å². The van der Waals surface area contributed by atoms with Gasteiger partial charge in [0.1, 0.15) is 5.75 Å². The number of benzene rings is 2. The highest BCUT2D eigenvalue weighted by molar-refractivity contribution is 5.77. The lowest BCUT2D eigenvalue weighted by Crippen LogP contribution is -1.89. The van der Waals surface area contributed by atoms with Crippen LogP contribution in [0.5, 0.6) is 5.75 Å². The Labute approximate surface area is 89.0 Å². The van der Waals surface area contributed by atoms with E-state index in [4.69, 9.17) is 5.73 Å². The van der Waals surface area contributed by atoms with Crippen LogP contribution < -0.4 is 5.73 Å². The first-order valence-electron chi connectivity index (χ1n) is 4.82. The second kappa shape index (κ2) is 3.65. The van der Waals surface area contributed by atoms with Crippen LogP contribution in [0.15, 0.2) is 42.5 Å². The zero-order valence-electron chi connectivity index (χ0n) is 8.57. The van der Waals surface area contributed by atoms with Gasteiger partial charge in [0.15, 0.2) is 0 Å². The highest BCUT2D eigenvalue weighted by Crippen LogP contribution is 2.28. The topological polar surface area (TPSA) is 46.2 Å². The number of hydrogen-bond acceptors (Lipinski definition) is 2. The normalized spacial score (nSPS) is 10.2. The highest BCUT2D eigenvalue weighted by Gasteiger charge is 2.02. The lowest BCUT2D eigenvalue weighted by atomic mass is 10.0. The molecule has 0 aliphatic heterocycles. The van der Waals surface area contributed by atoms with Crippen molar-refractivity contribution in [2.24, 2.45) is 0 Å². The van der Waals surface area contributed by atoms with E-state index in [2.05, 4.69) is 0 Å². The van der Waals surface area contributed by atoms with Gasteiger partial charge in [0, 0.05) is 17.3 Å². The number of rotatable bonds is 1. The first-order valence-corrected chi connectivity index (χ1v) is 4.82. The van der Waals surface area contributed by atoms with Gasteiger partial charge in [0.05, 0.1) is 0 Å². The second-order valence-corrected chi connectivity index (χ2v) is 3.64. The average Bonchev–Trinajstić information content (AvgIpc) is 2.20. The summed E-state index contributed by atoms with van der Waals surface area (Å²) in [5.74, 6) is 0.198. The van der Waals surface area contributed by atoms with Gasteiger partial charge in [-0.15, -0.1) is 0 Å². The third-order valence-electron chi connectivity index (χ3n) is 2.40. The fourth-order valence-corrected chi connectivity index (χ4v) is 1.55. The standard InChI is InChI=1S/C13H13NO/c1-9-2-4-10(5-3-9)12-7-6-11(15)8-13(12)14/h2-8,15H,14H2,1H3. The predicted octanol–water partition coefficient (Wildman–Crippen LogP) is 2.95. The van der Waals surface area contributed by atoms with Crippen LogP contribution in [0.25, 0.3) is 11.1 Å². The molecule has 0 bridgehead atoms. The first-order chi connectivity index (χ1) is 7.16. The van der Waals surface area contributed by atoms with Crippen LogP contribution in [0.3, 0.4) is 0 Å². The summed E-state index contributed by atoms with van der Waals surface area (Å²) in [5, 5.41) is 9.25. The third-order valence-corrected chi connectivity index (χ3v) is 2.40. The van der Waals surface area contributed by atoms with Crippen molar-refractivity contribution in [3.05, 3.63) is 48.0 Å². The number of anilines is 1. The van der Waals surface area contributed by atoms with Gasteiger partial charge in [-0.2, -0.15) is 0 Å². The first kappa shape index (κ1) is 9.59. The summed E-state index contributed by atoms with van der Waals surface area (Å²) >= 11 is 0. The van der Waals surface area contributed by atoms with E-state index in [1.165, 1.54) is 5.56 Å². The van der Waals surface area contributed by atoms with Crippen molar-refractivity contribution in [2.75, 3.05) is 5.73 Å². The Hall–Kier alpha value is -1.96. The molecule has 0 aliphatic rings. The van der Waals surface area contributed by atoms with Gasteiger partial charge in [0.2, 0.25) is 0 Å². The van der Waals surface area contributed by atoms with Crippen molar-refractivity contribution in [2.45, 2.75) is 6.92 Å². The van der Waals surface area contributed by atoms with Gasteiger partial charge in [0.25, 0.3) is 0 Å². The molecule has 0 saturated carbocycles. The summed E-state index contributed by atoms with van der Waals surface area (Å²) in [5.41, 5.74) is 9.67. The SMILES string of the molecule is Cc1ccc(-c2ccc(O)cc2N)cc1. The van der Waals surface area contributed by atoms with Gasteiger partial charge in [-0.05, 0) is 24.6 Å². The number of hydrogen-bond donors (Lipinski definition) is 2. The Morgan fingerprint density at radius 2 is 1.67 bits per heavy atom. The van der Waals surface area contributed by atoms with E-state index in [9.17, 15) is 5.11 Å². The van der Waals surface area contributed by atoms with E-state index < -0.39 is 0 Å². The van der Waals surface area contributed by atoms with Crippen molar-refractivity contribution < 1.29 is 5.11 Å². The number of nitrogen functional groups attached to an aromatic ring is 1. The quantitative estimate of drug-likeness (QED) is 0.693. The molecule has 2 aromatic rings. The molecule has 0 aromatic heterocycles. The summed E-state index contributed by atoms with van der Waals surface area (Å²) in [7, 11) is 0. The summed E-state index contributed by atoms with van der Waals surface area (Å²) < 4.78 is 0. The van der Waals surface area contributed by atoms with E-state index in [1.54, 1.807) is 12.1 Å². The lowest BCUT2D eigenvalue weighted by molar-refractivity contribution is 0.476. The molecule has 0 spiro atoms. The molecule has 0 saturated heterocycles. The van der Waals surface area contributed by atoms with Crippen LogP contribution in [-0.4, -0.2) is 5.11 Å². The Morgan fingerprint density at radius 1 is 1.00 bits per heavy atom. The average molecular weight is 199 g/mol. The van der Waals surface area contributed by atoms with Crippen LogP contribution in [0.1, 0.15) is 5.56 Å². The van der Waals surface area contributed by atoms with Gasteiger partial charge in [-0.25, -0.2) is 0 Å². The monoisotopic (exact) mass is 199 g/mol. The molecule has 0 unspecified atom stereocenters. The van der Waals surface area contributed by atoms with Crippen molar-refractivity contribution in [1.82, 2.24) is 0 Å². The van der Waals surface area contributed by atoms with Crippen molar-refractivity contribution in [3.8, 4) is 16.9 Å². The van der Waals surface area contributed by atoms with Gasteiger partial charge in [-0.1, -0.05) is 29.8 Å². The summed E-state index contributed by atoms with van der Waals surface area (Å²) in [6.07, 6.45) is 0. The number of phenolic OH excluding ortho intramolecular Hbond substituents is 1. The molecule has 2 rings (SSSR count). The van der Waals surface area contributed by atoms with E-state index in [0.29, 0.717) is 5.69 Å². The molecule has 0 aliphatic carbocycles. The number of phenols is 1. The number of aromatic hydroxyl groups is 1. The maximum atomic E-state index is 9.25. The van der Waals surface area contributed by atoms with Crippen molar-refractivity contribution in [3.63, 3.8) is 0 Å². The van der Waals surface area contributed by atoms with Crippen LogP contribution in [0.4, 0.5) is 5.69 Å². The Balaban J connectivity index is 2.49. The number of aryl methyl sites for hydroxylation is 1. The van der Waals surface area contributed by atoms with Gasteiger partial charge < -0.3 is 10.8 Å². The van der Waals surface area contributed by atoms with Crippen LogP contribution in [0, 0.1) is 6.92 Å². The van der Waals surface area contributed by atoms with Crippen LogP contribution in [-0.2, 0) is 0 Å². The molecule has 15 heavy (non-hydrogen) atoms.